The number of nitrogens with zero attached hydrogens (tertiary/aromatic N) is 1. The third-order valence-corrected chi connectivity index (χ3v) is 3.62. The van der Waals surface area contributed by atoms with Crippen molar-refractivity contribution >= 4 is 39.1 Å². The molecule has 1 rings (SSSR count). The van der Waals surface area contributed by atoms with Gasteiger partial charge in [0.05, 0.1) is 17.3 Å². The molecule has 0 saturated heterocycles. The number of anilines is 1. The zero-order valence-electron chi connectivity index (χ0n) is 11.5. The van der Waals surface area contributed by atoms with Crippen LogP contribution in [-0.2, 0) is 4.79 Å². The quantitative estimate of drug-likeness (QED) is 0.698. The molecule has 0 saturated carbocycles. The number of likely N-dealkylation sites (N-methyl/N-ethyl adjacent to an activating group) is 1. The second-order valence-corrected chi connectivity index (χ2v) is 6.02. The molecule has 0 aliphatic heterocycles. The molecule has 1 aromatic carbocycles. The average molecular weight is 364 g/mol. The van der Waals surface area contributed by atoms with Crippen molar-refractivity contribution in [3.63, 3.8) is 0 Å². The van der Waals surface area contributed by atoms with E-state index in [0.717, 1.165) is 30.3 Å². The topological polar surface area (TPSA) is 52.6 Å². The summed E-state index contributed by atoms with van der Waals surface area (Å²) in [6, 6.07) is 5.35. The van der Waals surface area contributed by atoms with E-state index in [0.29, 0.717) is 17.3 Å². The maximum Gasteiger partial charge on any atom is 0.238 e. The fourth-order valence-electron chi connectivity index (χ4n) is 1.78. The lowest BCUT2D eigenvalue weighted by Crippen LogP contribution is -2.31. The Kier molecular flexibility index (Phi) is 8.14. The maximum atomic E-state index is 11.9. The van der Waals surface area contributed by atoms with Crippen LogP contribution in [0.5, 0.6) is 0 Å². The van der Waals surface area contributed by atoms with E-state index in [9.17, 15) is 4.79 Å². The Hall–Kier alpha value is -0.620. The summed E-state index contributed by atoms with van der Waals surface area (Å²) in [6.07, 6.45) is 2.76. The molecule has 6 heteroatoms. The van der Waals surface area contributed by atoms with Gasteiger partial charge in [0.25, 0.3) is 0 Å². The molecule has 1 amide bonds. The summed E-state index contributed by atoms with van der Waals surface area (Å²) in [5.74, 6) is -0.0844. The molecule has 1 aromatic rings. The summed E-state index contributed by atoms with van der Waals surface area (Å²) < 4.78 is 0.876. The van der Waals surface area contributed by atoms with Crippen molar-refractivity contribution < 1.29 is 9.90 Å². The van der Waals surface area contributed by atoms with Gasteiger partial charge in [-0.2, -0.15) is 0 Å². The summed E-state index contributed by atoms with van der Waals surface area (Å²) in [5, 5.41) is 12.0. The highest BCUT2D eigenvalue weighted by Gasteiger charge is 2.09. The predicted molar refractivity (Wildman–Crippen MR) is 86.2 cm³/mol. The number of hydrogen-bond donors (Lipinski definition) is 2. The van der Waals surface area contributed by atoms with Gasteiger partial charge in [0, 0.05) is 11.1 Å². The summed E-state index contributed by atoms with van der Waals surface area (Å²) >= 11 is 9.37. The second kappa shape index (κ2) is 9.34. The van der Waals surface area contributed by atoms with Crippen LogP contribution in [0.25, 0.3) is 0 Å². The lowest BCUT2D eigenvalue weighted by Gasteiger charge is -2.16. The third kappa shape index (κ3) is 6.70. The first kappa shape index (κ1) is 17.4. The number of carbonyl (C=O) groups excluding carboxylic acids is 1. The lowest BCUT2D eigenvalue weighted by molar-refractivity contribution is -0.117. The molecule has 0 aromatic heterocycles. The Balaban J connectivity index is 2.35. The van der Waals surface area contributed by atoms with Gasteiger partial charge in [0.15, 0.2) is 0 Å². The van der Waals surface area contributed by atoms with Crippen molar-refractivity contribution in [1.29, 1.82) is 0 Å². The largest absolute Gasteiger partial charge is 0.396 e. The molecular weight excluding hydrogens is 344 g/mol. The maximum absolute atomic E-state index is 11.9. The highest BCUT2D eigenvalue weighted by atomic mass is 79.9. The second-order valence-electron chi connectivity index (χ2n) is 4.69. The number of amides is 1. The van der Waals surface area contributed by atoms with Crippen molar-refractivity contribution in [1.82, 2.24) is 4.90 Å². The SMILES string of the molecule is CN(CCCCCO)CC(=O)Nc1ccc(Br)cc1Cl. The number of aliphatic hydroxyl groups is 1. The molecule has 20 heavy (non-hydrogen) atoms. The van der Waals surface area contributed by atoms with Crippen LogP contribution in [0.1, 0.15) is 19.3 Å². The molecule has 4 nitrogen and oxygen atoms in total. The smallest absolute Gasteiger partial charge is 0.238 e. The van der Waals surface area contributed by atoms with Crippen molar-refractivity contribution in [3.05, 3.63) is 27.7 Å². The number of halogens is 2. The molecular formula is C14H20BrClN2O2. The first-order valence-electron chi connectivity index (χ1n) is 6.57. The van der Waals surface area contributed by atoms with Crippen LogP contribution in [0.3, 0.4) is 0 Å². The highest BCUT2D eigenvalue weighted by Crippen LogP contribution is 2.25. The Morgan fingerprint density at radius 2 is 2.15 bits per heavy atom. The highest BCUT2D eigenvalue weighted by molar-refractivity contribution is 9.10. The van der Waals surface area contributed by atoms with Gasteiger partial charge in [-0.05, 0) is 51.1 Å². The molecule has 0 fully saturated rings. The molecule has 2 N–H and O–H groups in total. The number of benzene rings is 1. The summed E-state index contributed by atoms with van der Waals surface area (Å²) in [5.41, 5.74) is 0.619. The number of rotatable bonds is 8. The van der Waals surface area contributed by atoms with Gasteiger partial charge in [-0.25, -0.2) is 0 Å². The van der Waals surface area contributed by atoms with Gasteiger partial charge >= 0.3 is 0 Å². The minimum absolute atomic E-state index is 0.0844. The number of carbonyl (C=O) groups is 1. The molecule has 0 radical (unpaired) electrons. The van der Waals surface area contributed by atoms with E-state index in [1.54, 1.807) is 12.1 Å². The van der Waals surface area contributed by atoms with Crippen LogP contribution in [0, 0.1) is 0 Å². The fourth-order valence-corrected chi connectivity index (χ4v) is 2.50. The Morgan fingerprint density at radius 3 is 2.80 bits per heavy atom. The lowest BCUT2D eigenvalue weighted by atomic mass is 10.2. The number of nitrogens with one attached hydrogen (secondary N) is 1. The molecule has 0 aliphatic carbocycles. The van der Waals surface area contributed by atoms with Crippen LogP contribution >= 0.6 is 27.5 Å². The van der Waals surface area contributed by atoms with Gasteiger partial charge in [-0.15, -0.1) is 0 Å². The van der Waals surface area contributed by atoms with Crippen molar-refractivity contribution in [2.75, 3.05) is 32.1 Å². The molecule has 0 heterocycles. The van der Waals surface area contributed by atoms with Gasteiger partial charge in [-0.3, -0.25) is 9.69 Å². The molecule has 0 aliphatic rings. The van der Waals surface area contributed by atoms with E-state index in [4.69, 9.17) is 16.7 Å². The summed E-state index contributed by atoms with van der Waals surface area (Å²) in [7, 11) is 1.90. The molecule has 0 atom stereocenters. The van der Waals surface area contributed by atoms with E-state index in [1.807, 2.05) is 18.0 Å². The van der Waals surface area contributed by atoms with Crippen LogP contribution in [0.4, 0.5) is 5.69 Å². The van der Waals surface area contributed by atoms with Crippen molar-refractivity contribution in [2.24, 2.45) is 0 Å². The zero-order valence-corrected chi connectivity index (χ0v) is 13.9. The molecule has 0 bridgehead atoms. The van der Waals surface area contributed by atoms with Gasteiger partial charge in [0.1, 0.15) is 0 Å². The Morgan fingerprint density at radius 1 is 1.40 bits per heavy atom. The van der Waals surface area contributed by atoms with E-state index < -0.39 is 0 Å². The monoisotopic (exact) mass is 362 g/mol. The standard InChI is InChI=1S/C14H20BrClN2O2/c1-18(7-3-2-4-8-19)10-14(20)17-13-6-5-11(15)9-12(13)16/h5-6,9,19H,2-4,7-8,10H2,1H3,(H,17,20). The molecule has 112 valence electrons. The first-order valence-corrected chi connectivity index (χ1v) is 7.74. The van der Waals surface area contributed by atoms with E-state index in [2.05, 4.69) is 21.2 Å². The van der Waals surface area contributed by atoms with Gasteiger partial charge in [0.2, 0.25) is 5.91 Å². The minimum atomic E-state index is -0.0844. The summed E-state index contributed by atoms with van der Waals surface area (Å²) in [4.78, 5) is 13.8. The van der Waals surface area contributed by atoms with E-state index in [-0.39, 0.29) is 12.5 Å². The zero-order chi connectivity index (χ0) is 15.0. The van der Waals surface area contributed by atoms with Gasteiger partial charge < -0.3 is 10.4 Å². The van der Waals surface area contributed by atoms with E-state index in [1.165, 1.54) is 0 Å². The van der Waals surface area contributed by atoms with E-state index >= 15 is 0 Å². The summed E-state index contributed by atoms with van der Waals surface area (Å²) in [6.45, 7) is 1.39. The number of unbranched alkanes of at least 4 members (excludes halogenated alkanes) is 2. The average Bonchev–Trinajstić information content (AvgIpc) is 2.38. The fraction of sp³-hybridized carbons (Fsp3) is 0.500. The Labute approximate surface area is 133 Å². The molecule has 0 unspecified atom stereocenters. The first-order chi connectivity index (χ1) is 9.52. The third-order valence-electron chi connectivity index (χ3n) is 2.82. The minimum Gasteiger partial charge on any atom is -0.396 e. The van der Waals surface area contributed by atoms with Crippen LogP contribution in [-0.4, -0.2) is 42.7 Å². The van der Waals surface area contributed by atoms with Crippen molar-refractivity contribution in [3.8, 4) is 0 Å². The number of aliphatic hydroxyl groups excluding tert-OH is 1. The Bertz CT molecular complexity index is 443. The van der Waals surface area contributed by atoms with Crippen LogP contribution in [0.15, 0.2) is 22.7 Å². The van der Waals surface area contributed by atoms with Crippen LogP contribution in [0.2, 0.25) is 5.02 Å². The van der Waals surface area contributed by atoms with Gasteiger partial charge in [-0.1, -0.05) is 27.5 Å². The molecule has 0 spiro atoms. The number of hydrogen-bond acceptors (Lipinski definition) is 3. The normalized spacial score (nSPS) is 10.8. The predicted octanol–water partition coefficient (Wildman–Crippen LogP) is 3.14. The van der Waals surface area contributed by atoms with Crippen molar-refractivity contribution in [2.45, 2.75) is 19.3 Å². The van der Waals surface area contributed by atoms with Crippen LogP contribution < -0.4 is 5.32 Å².